The van der Waals surface area contributed by atoms with Crippen LogP contribution in [0, 0.1) is 12.7 Å². The van der Waals surface area contributed by atoms with Gasteiger partial charge in [-0.25, -0.2) is 19.0 Å². The number of benzene rings is 1. The van der Waals surface area contributed by atoms with E-state index in [1.165, 1.54) is 10.6 Å². The highest BCUT2D eigenvalue weighted by Gasteiger charge is 2.46. The van der Waals surface area contributed by atoms with E-state index in [2.05, 4.69) is 16.3 Å². The summed E-state index contributed by atoms with van der Waals surface area (Å²) in [7, 11) is 0. The number of carbonyl (C=O) groups excluding carboxylic acids is 2. The zero-order valence-electron chi connectivity index (χ0n) is 24.8. The normalized spacial score (nSPS) is 21.1. The third-order valence-electron chi connectivity index (χ3n) is 9.29. The van der Waals surface area contributed by atoms with Gasteiger partial charge in [-0.1, -0.05) is 6.92 Å². The molecule has 0 spiro atoms. The molecular weight excluding hydrogens is 587 g/mol. The van der Waals surface area contributed by atoms with Crippen molar-refractivity contribution in [1.82, 2.24) is 30.8 Å². The quantitative estimate of drug-likeness (QED) is 0.191. The van der Waals surface area contributed by atoms with E-state index in [4.69, 9.17) is 19.6 Å². The van der Waals surface area contributed by atoms with Crippen LogP contribution in [0.2, 0.25) is 0 Å². The van der Waals surface area contributed by atoms with Gasteiger partial charge in [0.15, 0.2) is 5.60 Å². The first-order valence-electron chi connectivity index (χ1n) is 15.0. The standard InChI is InChI=1S/C31H33FN6O7/c1-3-31(43)20-10-24-27-18(13-38(24)28(40)19(20)14-45-29(31)41)26-22(5-4-17-15(2)21(32)11-23(33-27)25(17)26)34-30(42)44-9-6-16-12-37(7-8-39)36-35-16/h10-12,22,35-36,39,43H,3-9,13-14H2,1-2H3,(H,34,42)/t22-,31-/m0/s1. The van der Waals surface area contributed by atoms with E-state index >= 15 is 4.39 Å². The molecule has 2 aromatic heterocycles. The number of pyridine rings is 2. The third-order valence-corrected chi connectivity index (χ3v) is 9.29. The number of cyclic esters (lactones) is 1. The minimum atomic E-state index is -1.97. The molecule has 0 saturated carbocycles. The predicted molar refractivity (Wildman–Crippen MR) is 158 cm³/mol. The molecular formula is C31H33FN6O7. The first-order valence-corrected chi connectivity index (χ1v) is 15.0. The lowest BCUT2D eigenvalue weighted by molar-refractivity contribution is -0.172. The van der Waals surface area contributed by atoms with Gasteiger partial charge in [0.05, 0.1) is 54.8 Å². The third kappa shape index (κ3) is 4.54. The number of amides is 1. The second-order valence-corrected chi connectivity index (χ2v) is 11.7. The number of aliphatic hydroxyl groups excluding tert-OH is 1. The molecule has 14 heteroatoms. The van der Waals surface area contributed by atoms with E-state index in [0.717, 1.165) is 22.2 Å². The number of nitrogens with one attached hydrogen (secondary N) is 3. The number of halogens is 1. The maximum atomic E-state index is 15.1. The molecule has 1 amide bonds. The Morgan fingerprint density at radius 3 is 2.89 bits per heavy atom. The Morgan fingerprint density at radius 1 is 1.29 bits per heavy atom. The zero-order valence-corrected chi connectivity index (χ0v) is 24.8. The van der Waals surface area contributed by atoms with Crippen molar-refractivity contribution in [3.63, 3.8) is 0 Å². The molecule has 3 aromatic rings. The van der Waals surface area contributed by atoms with Crippen molar-refractivity contribution in [3.05, 3.63) is 73.6 Å². The number of esters is 1. The van der Waals surface area contributed by atoms with Crippen molar-refractivity contribution in [2.75, 3.05) is 19.8 Å². The van der Waals surface area contributed by atoms with Crippen LogP contribution in [0.1, 0.15) is 65.6 Å². The summed E-state index contributed by atoms with van der Waals surface area (Å²) in [6, 6.07) is 2.48. The summed E-state index contributed by atoms with van der Waals surface area (Å²) >= 11 is 0. The van der Waals surface area contributed by atoms with Gasteiger partial charge in [-0.3, -0.25) is 9.80 Å². The van der Waals surface area contributed by atoms with E-state index in [9.17, 15) is 19.5 Å². The van der Waals surface area contributed by atoms with Crippen LogP contribution in [0.5, 0.6) is 0 Å². The van der Waals surface area contributed by atoms with Crippen LogP contribution in [0.25, 0.3) is 22.3 Å². The first kappa shape index (κ1) is 29.2. The monoisotopic (exact) mass is 620 g/mol. The van der Waals surface area contributed by atoms with Crippen molar-refractivity contribution in [2.24, 2.45) is 0 Å². The highest BCUT2D eigenvalue weighted by molar-refractivity contribution is 5.93. The summed E-state index contributed by atoms with van der Waals surface area (Å²) in [6.45, 7) is 3.74. The molecule has 2 atom stereocenters. The summed E-state index contributed by atoms with van der Waals surface area (Å²) in [4.78, 5) is 44.2. The Labute approximate surface area is 256 Å². The molecule has 5 heterocycles. The second kappa shape index (κ2) is 10.8. The number of carbonyl (C=O) groups is 2. The largest absolute Gasteiger partial charge is 0.458 e. The summed E-state index contributed by atoms with van der Waals surface area (Å²) in [5.41, 5.74) is 8.67. The number of hydrogen-bond donors (Lipinski definition) is 5. The predicted octanol–water partition coefficient (Wildman–Crippen LogP) is 1.79. The van der Waals surface area contributed by atoms with Crippen LogP contribution in [0.3, 0.4) is 0 Å². The van der Waals surface area contributed by atoms with Gasteiger partial charge in [-0.15, -0.1) is 5.53 Å². The van der Waals surface area contributed by atoms with Gasteiger partial charge in [0.25, 0.3) is 5.56 Å². The van der Waals surface area contributed by atoms with Crippen molar-refractivity contribution in [1.29, 1.82) is 0 Å². The molecule has 45 heavy (non-hydrogen) atoms. The molecule has 3 aliphatic heterocycles. The number of ether oxygens (including phenoxy) is 2. The van der Waals surface area contributed by atoms with Crippen LogP contribution >= 0.6 is 0 Å². The minimum absolute atomic E-state index is 0.0116. The smallest absolute Gasteiger partial charge is 0.407 e. The Kier molecular flexibility index (Phi) is 7.02. The lowest BCUT2D eigenvalue weighted by atomic mass is 9.81. The van der Waals surface area contributed by atoms with Crippen LogP contribution in [-0.4, -0.2) is 56.6 Å². The number of aliphatic hydroxyl groups is 2. The van der Waals surface area contributed by atoms with Gasteiger partial charge >= 0.3 is 12.1 Å². The molecule has 1 aliphatic carbocycles. The topological polar surface area (TPSA) is 167 Å². The molecule has 0 fully saturated rings. The van der Waals surface area contributed by atoms with Gasteiger partial charge in [0, 0.05) is 40.9 Å². The summed E-state index contributed by atoms with van der Waals surface area (Å²) in [6.07, 6.45) is 2.58. The lowest BCUT2D eigenvalue weighted by Gasteiger charge is -2.31. The molecule has 13 nitrogen and oxygen atoms in total. The molecule has 0 unspecified atom stereocenters. The number of fused-ring (bicyclic) bond motifs is 5. The number of hydrogen-bond acceptors (Lipinski definition) is 11. The Balaban J connectivity index is 1.26. The van der Waals surface area contributed by atoms with Gasteiger partial charge in [0.1, 0.15) is 12.4 Å². The van der Waals surface area contributed by atoms with E-state index in [1.807, 2.05) is 0 Å². The molecule has 1 aromatic carbocycles. The highest BCUT2D eigenvalue weighted by atomic mass is 19.1. The average molecular weight is 621 g/mol. The number of hydrazine groups is 2. The SMILES string of the molecule is CC[C@@]1(O)C(=O)OCc2c1cc1n(c2=O)Cc2c-1nc1cc(F)c(C)c3c1c2[C@@H](NC(=O)OCCC1=CN(CCO)NN1)CC3. The Bertz CT molecular complexity index is 1870. The number of aryl methyl sites for hydroxylation is 1. The van der Waals surface area contributed by atoms with Crippen LogP contribution < -0.4 is 21.8 Å². The lowest BCUT2D eigenvalue weighted by Crippen LogP contribution is -2.44. The number of aromatic nitrogens is 2. The van der Waals surface area contributed by atoms with Gasteiger partial charge < -0.3 is 35.0 Å². The Hall–Kier alpha value is -4.53. The van der Waals surface area contributed by atoms with Gasteiger partial charge in [-0.2, -0.15) is 0 Å². The number of alkyl carbamates (subject to hydrolysis) is 1. The highest BCUT2D eigenvalue weighted by Crippen LogP contribution is 2.46. The van der Waals surface area contributed by atoms with Crippen molar-refractivity contribution in [2.45, 2.75) is 64.3 Å². The van der Waals surface area contributed by atoms with Gasteiger partial charge in [0.2, 0.25) is 0 Å². The fraction of sp³-hybridized carbons (Fsp3) is 0.419. The van der Waals surface area contributed by atoms with Crippen molar-refractivity contribution < 1.29 is 33.7 Å². The molecule has 0 radical (unpaired) electrons. The van der Waals surface area contributed by atoms with Crippen LogP contribution in [0.15, 0.2) is 28.8 Å². The first-order chi connectivity index (χ1) is 21.6. The van der Waals surface area contributed by atoms with E-state index < -0.39 is 35.1 Å². The molecule has 7 rings (SSSR count). The zero-order chi connectivity index (χ0) is 31.6. The molecule has 0 saturated heterocycles. The molecule has 4 aliphatic rings. The maximum absolute atomic E-state index is 15.1. The summed E-state index contributed by atoms with van der Waals surface area (Å²) in [5.74, 6) is -1.21. The second-order valence-electron chi connectivity index (χ2n) is 11.7. The fourth-order valence-electron chi connectivity index (χ4n) is 6.89. The molecule has 0 bridgehead atoms. The minimum Gasteiger partial charge on any atom is -0.458 e. The summed E-state index contributed by atoms with van der Waals surface area (Å²) < 4.78 is 27.4. The number of nitrogens with zero attached hydrogens (tertiary/aromatic N) is 3. The summed E-state index contributed by atoms with van der Waals surface area (Å²) in [5, 5.41) is 25.7. The van der Waals surface area contributed by atoms with Crippen molar-refractivity contribution >= 4 is 23.0 Å². The van der Waals surface area contributed by atoms with Gasteiger partial charge in [-0.05, 0) is 48.9 Å². The Morgan fingerprint density at radius 2 is 2.11 bits per heavy atom. The van der Waals surface area contributed by atoms with Crippen LogP contribution in [0.4, 0.5) is 9.18 Å². The van der Waals surface area contributed by atoms with E-state index in [1.54, 1.807) is 31.1 Å². The maximum Gasteiger partial charge on any atom is 0.407 e. The van der Waals surface area contributed by atoms with E-state index in [-0.39, 0.29) is 43.9 Å². The number of rotatable bonds is 7. The fourth-order valence-corrected chi connectivity index (χ4v) is 6.89. The van der Waals surface area contributed by atoms with Crippen LogP contribution in [-0.2, 0) is 39.4 Å². The molecule has 236 valence electrons. The van der Waals surface area contributed by atoms with Crippen molar-refractivity contribution in [3.8, 4) is 11.4 Å². The molecule has 5 N–H and O–H groups in total. The van der Waals surface area contributed by atoms with E-state index in [0.29, 0.717) is 53.8 Å². The number of β-amino-alcohol motifs (C(OH)–C–C–N with tert-alkyl or cyclic N) is 1. The average Bonchev–Trinajstić information content (AvgIpc) is 3.63.